The lowest BCUT2D eigenvalue weighted by atomic mass is 9.61. The second kappa shape index (κ2) is 5.64. The fraction of sp³-hybridized carbons (Fsp3) is 0.625. The largest absolute Gasteiger partial charge is 0.327 e. The number of carbonyl (C=O) groups is 1. The summed E-state index contributed by atoms with van der Waals surface area (Å²) in [4.78, 5) is 24.0. The molecule has 116 valence electrons. The number of rotatable bonds is 2. The van der Waals surface area contributed by atoms with Gasteiger partial charge in [0.15, 0.2) is 0 Å². The summed E-state index contributed by atoms with van der Waals surface area (Å²) in [6, 6.07) is 3.26. The van der Waals surface area contributed by atoms with Crippen LogP contribution in [0.1, 0.15) is 33.6 Å². The molecule has 1 aliphatic carbocycles. The van der Waals surface area contributed by atoms with Crippen molar-refractivity contribution >= 4 is 11.6 Å². The Labute approximate surface area is 125 Å². The van der Waals surface area contributed by atoms with E-state index in [1.807, 2.05) is 0 Å². The van der Waals surface area contributed by atoms with Gasteiger partial charge in [-0.1, -0.05) is 20.8 Å². The first-order chi connectivity index (χ1) is 9.73. The Kier molecular flexibility index (Phi) is 4.23. The van der Waals surface area contributed by atoms with Gasteiger partial charge in [-0.3, -0.25) is 9.59 Å². The van der Waals surface area contributed by atoms with Crippen LogP contribution in [0.5, 0.6) is 0 Å². The fourth-order valence-electron chi connectivity index (χ4n) is 3.22. The molecule has 5 heteroatoms. The Bertz CT molecular complexity index is 591. The van der Waals surface area contributed by atoms with E-state index in [0.717, 1.165) is 12.8 Å². The monoisotopic (exact) mass is 291 g/mol. The second-order valence-electron chi connectivity index (χ2n) is 6.76. The summed E-state index contributed by atoms with van der Waals surface area (Å²) in [6.45, 7) is 6.35. The first-order valence-corrected chi connectivity index (χ1v) is 7.46. The summed E-state index contributed by atoms with van der Waals surface area (Å²) in [5.41, 5.74) is 6.56. The summed E-state index contributed by atoms with van der Waals surface area (Å²) in [5.74, 6) is 0.240. The molecule has 0 saturated heterocycles. The van der Waals surface area contributed by atoms with Gasteiger partial charge in [0.25, 0.3) is 0 Å². The molecule has 1 saturated carbocycles. The van der Waals surface area contributed by atoms with Crippen molar-refractivity contribution < 1.29 is 4.79 Å². The van der Waals surface area contributed by atoms with Crippen LogP contribution in [0.4, 0.5) is 5.69 Å². The summed E-state index contributed by atoms with van der Waals surface area (Å²) in [7, 11) is 1.67. The second-order valence-corrected chi connectivity index (χ2v) is 6.76. The van der Waals surface area contributed by atoms with Crippen LogP contribution in [-0.2, 0) is 11.8 Å². The molecule has 1 fully saturated rings. The van der Waals surface area contributed by atoms with E-state index in [-0.39, 0.29) is 28.8 Å². The molecule has 1 aliphatic rings. The molecule has 0 aliphatic heterocycles. The smallest absolute Gasteiger partial charge is 0.250 e. The molecule has 2 rings (SSSR count). The Hall–Kier alpha value is -1.62. The topological polar surface area (TPSA) is 77.1 Å². The van der Waals surface area contributed by atoms with Gasteiger partial charge in [-0.15, -0.1) is 0 Å². The van der Waals surface area contributed by atoms with Gasteiger partial charge in [0, 0.05) is 31.3 Å². The van der Waals surface area contributed by atoms with Gasteiger partial charge in [-0.2, -0.15) is 0 Å². The van der Waals surface area contributed by atoms with Crippen molar-refractivity contribution in [3.8, 4) is 0 Å². The summed E-state index contributed by atoms with van der Waals surface area (Å²) < 4.78 is 1.46. The molecular weight excluding hydrogens is 266 g/mol. The average molecular weight is 291 g/mol. The van der Waals surface area contributed by atoms with E-state index in [9.17, 15) is 9.59 Å². The third-order valence-electron chi connectivity index (χ3n) is 5.17. The van der Waals surface area contributed by atoms with Gasteiger partial charge >= 0.3 is 0 Å². The lowest BCUT2D eigenvalue weighted by Crippen LogP contribution is -2.50. The zero-order chi connectivity index (χ0) is 15.8. The maximum absolute atomic E-state index is 12.6. The van der Waals surface area contributed by atoms with E-state index in [2.05, 4.69) is 26.1 Å². The summed E-state index contributed by atoms with van der Waals surface area (Å²) in [6.07, 6.45) is 3.32. The third kappa shape index (κ3) is 3.02. The Morgan fingerprint density at radius 1 is 1.38 bits per heavy atom. The molecule has 0 radical (unpaired) electrons. The van der Waals surface area contributed by atoms with Crippen LogP contribution >= 0.6 is 0 Å². The first kappa shape index (κ1) is 15.8. The highest BCUT2D eigenvalue weighted by atomic mass is 16.2. The highest BCUT2D eigenvalue weighted by Crippen LogP contribution is 2.44. The minimum Gasteiger partial charge on any atom is -0.327 e. The van der Waals surface area contributed by atoms with E-state index >= 15 is 0 Å². The normalized spacial score (nSPS) is 28.1. The predicted octanol–water partition coefficient (Wildman–Crippen LogP) is 1.72. The maximum atomic E-state index is 12.6. The molecule has 1 heterocycles. The van der Waals surface area contributed by atoms with Crippen molar-refractivity contribution in [3.05, 3.63) is 28.7 Å². The number of amides is 1. The van der Waals surface area contributed by atoms with Gasteiger partial charge in [0.2, 0.25) is 11.5 Å². The highest BCUT2D eigenvalue weighted by molar-refractivity contribution is 5.93. The lowest BCUT2D eigenvalue weighted by Gasteiger charge is -2.46. The molecule has 0 aromatic carbocycles. The number of nitrogens with zero attached hydrogens (tertiary/aromatic N) is 1. The van der Waals surface area contributed by atoms with Gasteiger partial charge < -0.3 is 15.6 Å². The summed E-state index contributed by atoms with van der Waals surface area (Å²) in [5, 5.41) is 2.93. The number of nitrogens with two attached hydrogens (primary N) is 1. The van der Waals surface area contributed by atoms with Crippen molar-refractivity contribution in [1.29, 1.82) is 0 Å². The molecule has 0 bridgehead atoms. The van der Waals surface area contributed by atoms with Gasteiger partial charge in [0.05, 0.1) is 5.69 Å². The number of nitrogens with one attached hydrogen (secondary N) is 1. The third-order valence-corrected chi connectivity index (χ3v) is 5.17. The minimum absolute atomic E-state index is 0.0115. The van der Waals surface area contributed by atoms with Crippen LogP contribution in [0.2, 0.25) is 0 Å². The number of aryl methyl sites for hydroxylation is 1. The van der Waals surface area contributed by atoms with Crippen LogP contribution in [-0.4, -0.2) is 16.5 Å². The molecule has 3 unspecified atom stereocenters. The highest BCUT2D eigenvalue weighted by Gasteiger charge is 2.44. The predicted molar refractivity (Wildman–Crippen MR) is 84.0 cm³/mol. The number of hydrogen-bond donors (Lipinski definition) is 2. The molecule has 1 amide bonds. The molecule has 3 atom stereocenters. The van der Waals surface area contributed by atoms with Crippen LogP contribution in [0.3, 0.4) is 0 Å². The van der Waals surface area contributed by atoms with E-state index in [0.29, 0.717) is 11.6 Å². The number of hydrogen-bond acceptors (Lipinski definition) is 3. The van der Waals surface area contributed by atoms with Crippen LogP contribution in [0.25, 0.3) is 0 Å². The number of anilines is 1. The molecule has 0 spiro atoms. The molecule has 1 aromatic rings. The molecule has 1 aromatic heterocycles. The zero-order valence-corrected chi connectivity index (χ0v) is 13.2. The van der Waals surface area contributed by atoms with Crippen LogP contribution < -0.4 is 16.6 Å². The Morgan fingerprint density at radius 2 is 2.05 bits per heavy atom. The lowest BCUT2D eigenvalue weighted by molar-refractivity contribution is -0.127. The Balaban J connectivity index is 2.16. The molecule has 21 heavy (non-hydrogen) atoms. The maximum Gasteiger partial charge on any atom is 0.250 e. The van der Waals surface area contributed by atoms with E-state index in [1.54, 1.807) is 19.3 Å². The Morgan fingerprint density at radius 3 is 2.67 bits per heavy atom. The molecule has 5 nitrogen and oxygen atoms in total. The van der Waals surface area contributed by atoms with Gasteiger partial charge in [-0.25, -0.2) is 0 Å². The molecule has 3 N–H and O–H groups in total. The van der Waals surface area contributed by atoms with Crippen molar-refractivity contribution in [1.82, 2.24) is 4.57 Å². The zero-order valence-electron chi connectivity index (χ0n) is 13.2. The van der Waals surface area contributed by atoms with Crippen molar-refractivity contribution in [3.63, 3.8) is 0 Å². The molecular formula is C16H25N3O2. The number of pyridine rings is 1. The van der Waals surface area contributed by atoms with Crippen LogP contribution in [0.15, 0.2) is 23.1 Å². The van der Waals surface area contributed by atoms with E-state index in [4.69, 9.17) is 5.73 Å². The van der Waals surface area contributed by atoms with Crippen molar-refractivity contribution in [2.24, 2.45) is 30.0 Å². The number of aromatic nitrogens is 1. The van der Waals surface area contributed by atoms with Crippen molar-refractivity contribution in [2.75, 3.05) is 5.32 Å². The first-order valence-electron chi connectivity index (χ1n) is 7.46. The number of carbonyl (C=O) groups excluding carboxylic acids is 1. The van der Waals surface area contributed by atoms with Crippen LogP contribution in [0, 0.1) is 17.3 Å². The quantitative estimate of drug-likeness (QED) is 0.871. The standard InChI is InChI=1S/C16H25N3O2/c1-10-13(17)7-6-12(16(10,2)3)15(21)18-11-5-8-14(20)19(4)9-11/h5,8-10,12-13H,6-7,17H2,1-4H3,(H,18,21). The van der Waals surface area contributed by atoms with Gasteiger partial charge in [-0.05, 0) is 30.2 Å². The van der Waals surface area contributed by atoms with Gasteiger partial charge in [0.1, 0.15) is 0 Å². The van der Waals surface area contributed by atoms with Crippen molar-refractivity contribution in [2.45, 2.75) is 39.7 Å². The minimum atomic E-state index is -0.136. The van der Waals surface area contributed by atoms with E-state index in [1.165, 1.54) is 10.6 Å². The fourth-order valence-corrected chi connectivity index (χ4v) is 3.22. The average Bonchev–Trinajstić information content (AvgIpc) is 2.40. The summed E-state index contributed by atoms with van der Waals surface area (Å²) >= 11 is 0. The van der Waals surface area contributed by atoms with E-state index < -0.39 is 0 Å². The SMILES string of the molecule is CC1C(N)CCC(C(=O)Nc2ccc(=O)n(C)c2)C1(C)C.